The SMILES string of the molecule is C=C(OC(=O)c1ccccc1)C(=O)C1CCCCC1. The standard InChI is InChI=1S/C16H18O3/c1-12(15(17)13-8-4-2-5-9-13)19-16(18)14-10-6-3-7-11-14/h3,6-7,10-11,13H,1-2,4-5,8-9H2. The van der Waals surface area contributed by atoms with Gasteiger partial charge in [0.1, 0.15) is 0 Å². The van der Waals surface area contributed by atoms with Crippen LogP contribution in [-0.4, -0.2) is 11.8 Å². The number of rotatable bonds is 4. The van der Waals surface area contributed by atoms with Crippen LogP contribution in [-0.2, 0) is 9.53 Å². The zero-order valence-electron chi connectivity index (χ0n) is 10.9. The Hall–Kier alpha value is -1.90. The van der Waals surface area contributed by atoms with Crippen molar-refractivity contribution in [3.05, 3.63) is 48.2 Å². The second-order valence-electron chi connectivity index (χ2n) is 4.88. The number of allylic oxidation sites excluding steroid dienone is 1. The first-order valence-electron chi connectivity index (χ1n) is 6.69. The number of hydrogen-bond donors (Lipinski definition) is 0. The molecule has 1 saturated carbocycles. The summed E-state index contributed by atoms with van der Waals surface area (Å²) >= 11 is 0. The predicted molar refractivity (Wildman–Crippen MR) is 72.6 cm³/mol. The van der Waals surface area contributed by atoms with Gasteiger partial charge in [-0.15, -0.1) is 0 Å². The molecule has 100 valence electrons. The van der Waals surface area contributed by atoms with E-state index in [0.29, 0.717) is 5.56 Å². The van der Waals surface area contributed by atoms with E-state index in [4.69, 9.17) is 4.74 Å². The molecule has 0 spiro atoms. The molecule has 1 fully saturated rings. The summed E-state index contributed by atoms with van der Waals surface area (Å²) in [5.74, 6) is -0.690. The molecule has 0 unspecified atom stereocenters. The minimum Gasteiger partial charge on any atom is -0.420 e. The summed E-state index contributed by atoms with van der Waals surface area (Å²) in [7, 11) is 0. The molecule has 1 aliphatic rings. The Bertz CT molecular complexity index is 470. The van der Waals surface area contributed by atoms with Crippen LogP contribution in [0.25, 0.3) is 0 Å². The zero-order valence-corrected chi connectivity index (χ0v) is 10.9. The lowest BCUT2D eigenvalue weighted by Gasteiger charge is -2.20. The minimum absolute atomic E-state index is 0.0233. The lowest BCUT2D eigenvalue weighted by molar-refractivity contribution is -0.122. The molecule has 0 atom stereocenters. The first-order chi connectivity index (χ1) is 9.18. The maximum atomic E-state index is 12.1. The molecular weight excluding hydrogens is 240 g/mol. The third kappa shape index (κ3) is 3.53. The number of ketones is 1. The fraction of sp³-hybridized carbons (Fsp3) is 0.375. The lowest BCUT2D eigenvalue weighted by Crippen LogP contribution is -2.21. The highest BCUT2D eigenvalue weighted by atomic mass is 16.5. The van der Waals surface area contributed by atoms with E-state index in [-0.39, 0.29) is 17.5 Å². The van der Waals surface area contributed by atoms with Gasteiger partial charge in [0.2, 0.25) is 5.78 Å². The Kier molecular flexibility index (Phi) is 4.50. The molecule has 0 bridgehead atoms. The lowest BCUT2D eigenvalue weighted by atomic mass is 9.86. The van der Waals surface area contributed by atoms with Gasteiger partial charge in [-0.1, -0.05) is 44.0 Å². The molecule has 19 heavy (non-hydrogen) atoms. The van der Waals surface area contributed by atoms with E-state index in [0.717, 1.165) is 25.7 Å². The molecule has 0 heterocycles. The van der Waals surface area contributed by atoms with Crippen molar-refractivity contribution in [2.45, 2.75) is 32.1 Å². The Balaban J connectivity index is 1.93. The van der Waals surface area contributed by atoms with Gasteiger partial charge in [0.05, 0.1) is 5.56 Å². The number of esters is 1. The molecule has 0 N–H and O–H groups in total. The molecule has 2 rings (SSSR count). The van der Waals surface area contributed by atoms with E-state index in [1.54, 1.807) is 24.3 Å². The van der Waals surface area contributed by atoms with Crippen LogP contribution >= 0.6 is 0 Å². The summed E-state index contributed by atoms with van der Waals surface area (Å²) in [5.41, 5.74) is 0.431. The molecule has 3 heteroatoms. The first kappa shape index (κ1) is 13.5. The maximum Gasteiger partial charge on any atom is 0.343 e. The first-order valence-corrected chi connectivity index (χ1v) is 6.69. The normalized spacial score (nSPS) is 15.8. The third-order valence-electron chi connectivity index (χ3n) is 3.48. The maximum absolute atomic E-state index is 12.1. The van der Waals surface area contributed by atoms with Gasteiger partial charge in [0.25, 0.3) is 0 Å². The Morgan fingerprint density at radius 3 is 2.32 bits per heavy atom. The van der Waals surface area contributed by atoms with Gasteiger partial charge >= 0.3 is 5.97 Å². The van der Waals surface area contributed by atoms with E-state index >= 15 is 0 Å². The van der Waals surface area contributed by atoms with Gasteiger partial charge in [-0.2, -0.15) is 0 Å². The molecule has 1 aromatic rings. The van der Waals surface area contributed by atoms with E-state index in [2.05, 4.69) is 6.58 Å². The highest BCUT2D eigenvalue weighted by Gasteiger charge is 2.25. The highest BCUT2D eigenvalue weighted by molar-refractivity contribution is 5.99. The van der Waals surface area contributed by atoms with Gasteiger partial charge < -0.3 is 4.74 Å². The molecule has 0 aromatic heterocycles. The zero-order chi connectivity index (χ0) is 13.7. The number of hydrogen-bond acceptors (Lipinski definition) is 3. The van der Waals surface area contributed by atoms with Crippen LogP contribution in [0, 0.1) is 5.92 Å². The summed E-state index contributed by atoms with van der Waals surface area (Å²) in [6, 6.07) is 8.63. The fourth-order valence-electron chi connectivity index (χ4n) is 2.39. The summed E-state index contributed by atoms with van der Waals surface area (Å²) in [5, 5.41) is 0. The number of ether oxygens (including phenoxy) is 1. The van der Waals surface area contributed by atoms with Crippen molar-refractivity contribution in [3.8, 4) is 0 Å². The van der Waals surface area contributed by atoms with Crippen LogP contribution < -0.4 is 0 Å². The monoisotopic (exact) mass is 258 g/mol. The molecule has 0 radical (unpaired) electrons. The number of benzene rings is 1. The third-order valence-corrected chi connectivity index (χ3v) is 3.48. The molecule has 1 aliphatic carbocycles. The van der Waals surface area contributed by atoms with E-state index in [1.165, 1.54) is 6.42 Å². The fourth-order valence-corrected chi connectivity index (χ4v) is 2.39. The van der Waals surface area contributed by atoms with Crippen LogP contribution in [0.5, 0.6) is 0 Å². The van der Waals surface area contributed by atoms with Crippen LogP contribution in [0.2, 0.25) is 0 Å². The quantitative estimate of drug-likeness (QED) is 0.471. The summed E-state index contributed by atoms with van der Waals surface area (Å²) in [4.78, 5) is 23.9. The second kappa shape index (κ2) is 6.32. The van der Waals surface area contributed by atoms with Crippen LogP contribution in [0.1, 0.15) is 42.5 Å². The van der Waals surface area contributed by atoms with E-state index in [1.807, 2.05) is 6.07 Å². The van der Waals surface area contributed by atoms with Gasteiger partial charge in [-0.25, -0.2) is 4.79 Å². The van der Waals surface area contributed by atoms with Gasteiger partial charge in [-0.05, 0) is 25.0 Å². The average molecular weight is 258 g/mol. The van der Waals surface area contributed by atoms with Gasteiger partial charge in [-0.3, -0.25) is 4.79 Å². The van der Waals surface area contributed by atoms with Crippen molar-refractivity contribution in [3.63, 3.8) is 0 Å². The van der Waals surface area contributed by atoms with Crippen molar-refractivity contribution in [1.82, 2.24) is 0 Å². The van der Waals surface area contributed by atoms with Crippen molar-refractivity contribution >= 4 is 11.8 Å². The smallest absolute Gasteiger partial charge is 0.343 e. The molecule has 0 aliphatic heterocycles. The van der Waals surface area contributed by atoms with Gasteiger partial charge in [0, 0.05) is 5.92 Å². The molecule has 0 amide bonds. The van der Waals surface area contributed by atoms with Crippen molar-refractivity contribution in [2.24, 2.45) is 5.92 Å². The largest absolute Gasteiger partial charge is 0.420 e. The van der Waals surface area contributed by atoms with Crippen LogP contribution in [0.3, 0.4) is 0 Å². The van der Waals surface area contributed by atoms with E-state index < -0.39 is 5.97 Å². The van der Waals surface area contributed by atoms with Crippen LogP contribution in [0.4, 0.5) is 0 Å². The van der Waals surface area contributed by atoms with Crippen molar-refractivity contribution in [1.29, 1.82) is 0 Å². The molecular formula is C16H18O3. The summed E-state index contributed by atoms with van der Waals surface area (Å²) in [6.45, 7) is 3.60. The Morgan fingerprint density at radius 1 is 1.05 bits per heavy atom. The van der Waals surface area contributed by atoms with Gasteiger partial charge in [0.15, 0.2) is 5.76 Å². The molecule has 0 saturated heterocycles. The van der Waals surface area contributed by atoms with Crippen molar-refractivity contribution < 1.29 is 14.3 Å². The number of Topliss-reactive ketones (excluding diaryl/α,β-unsaturated/α-hetero) is 1. The van der Waals surface area contributed by atoms with Crippen LogP contribution in [0.15, 0.2) is 42.7 Å². The minimum atomic E-state index is -0.519. The summed E-state index contributed by atoms with van der Waals surface area (Å²) < 4.78 is 5.07. The highest BCUT2D eigenvalue weighted by Crippen LogP contribution is 2.26. The molecule has 1 aromatic carbocycles. The Labute approximate surface area is 113 Å². The Morgan fingerprint density at radius 2 is 1.68 bits per heavy atom. The summed E-state index contributed by atoms with van der Waals surface area (Å²) in [6.07, 6.45) is 5.06. The number of carbonyl (C=O) groups is 2. The molecule has 3 nitrogen and oxygen atoms in total. The average Bonchev–Trinajstić information content (AvgIpc) is 2.48. The second-order valence-corrected chi connectivity index (χ2v) is 4.88. The van der Waals surface area contributed by atoms with E-state index in [9.17, 15) is 9.59 Å². The predicted octanol–water partition coefficient (Wildman–Crippen LogP) is 3.51. The number of carbonyl (C=O) groups excluding carboxylic acids is 2. The van der Waals surface area contributed by atoms with Crippen molar-refractivity contribution in [2.75, 3.05) is 0 Å². The topological polar surface area (TPSA) is 43.4 Å².